The van der Waals surface area contributed by atoms with Crippen molar-refractivity contribution in [1.29, 1.82) is 0 Å². The molecule has 1 aromatic carbocycles. The predicted molar refractivity (Wildman–Crippen MR) is 244 cm³/mol. The van der Waals surface area contributed by atoms with Crippen molar-refractivity contribution >= 4 is 30.3 Å². The second kappa shape index (κ2) is 26.4. The van der Waals surface area contributed by atoms with Gasteiger partial charge in [-0.1, -0.05) is 63.3 Å². The molecule has 0 amide bonds. The number of carbonyl (C=O) groups is 4. The Bertz CT molecular complexity index is 1680. The highest BCUT2D eigenvalue weighted by molar-refractivity contribution is 5.73. The van der Waals surface area contributed by atoms with Gasteiger partial charge < -0.3 is 67.8 Å². The van der Waals surface area contributed by atoms with Crippen LogP contribution in [0.5, 0.6) is 0 Å². The van der Waals surface area contributed by atoms with Crippen LogP contribution in [0.2, 0.25) is 0 Å². The number of methoxy groups -OCH3 is 1. The number of esters is 3. The molecule has 0 spiro atoms. The maximum absolute atomic E-state index is 14.0. The normalized spacial score (nSPS) is 37.0. The number of cyclic esters (lactones) is 1. The van der Waals surface area contributed by atoms with Crippen LogP contribution >= 0.6 is 0 Å². The maximum Gasteiger partial charge on any atom is 0.309 e. The molecule has 3 fully saturated rings. The van der Waals surface area contributed by atoms with Crippen molar-refractivity contribution in [3.8, 4) is 0 Å². The average molecular weight is 935 g/mol. The summed E-state index contributed by atoms with van der Waals surface area (Å²) in [6.07, 6.45) is -5.78. The van der Waals surface area contributed by atoms with E-state index in [0.717, 1.165) is 11.8 Å². The predicted octanol–water partition coefficient (Wildman–Crippen LogP) is 4.06. The number of likely N-dealkylation sites (N-methyl/N-ethyl adjacent to an activating group) is 2. The van der Waals surface area contributed by atoms with E-state index in [4.69, 9.17) is 37.9 Å². The van der Waals surface area contributed by atoms with Gasteiger partial charge >= 0.3 is 17.9 Å². The van der Waals surface area contributed by atoms with Gasteiger partial charge in [0.2, 0.25) is 0 Å². The summed E-state index contributed by atoms with van der Waals surface area (Å²) in [6, 6.07) is 8.99. The first-order valence-corrected chi connectivity index (χ1v) is 23.6. The molecule has 66 heavy (non-hydrogen) atoms. The highest BCUT2D eigenvalue weighted by atomic mass is 16.7. The summed E-state index contributed by atoms with van der Waals surface area (Å²) in [5.74, 6) is -2.76. The lowest BCUT2D eigenvalue weighted by molar-refractivity contribution is -0.344. The molecule has 0 saturated carbocycles. The van der Waals surface area contributed by atoms with Crippen molar-refractivity contribution in [2.45, 2.75) is 185 Å². The first-order chi connectivity index (χ1) is 31.3. The van der Waals surface area contributed by atoms with Crippen LogP contribution in [0, 0.1) is 11.8 Å². The molecule has 5 unspecified atom stereocenters. The highest BCUT2D eigenvalue weighted by Crippen LogP contribution is 2.38. The smallest absolute Gasteiger partial charge is 0.309 e. The van der Waals surface area contributed by atoms with Gasteiger partial charge in [-0.15, -0.1) is 0 Å². The van der Waals surface area contributed by atoms with Gasteiger partial charge in [-0.25, -0.2) is 0 Å². The van der Waals surface area contributed by atoms with Crippen LogP contribution in [0.4, 0.5) is 0 Å². The van der Waals surface area contributed by atoms with Crippen LogP contribution in [0.25, 0.3) is 6.08 Å². The van der Waals surface area contributed by atoms with Crippen LogP contribution in [0.15, 0.2) is 36.4 Å². The van der Waals surface area contributed by atoms with Crippen molar-refractivity contribution in [2.24, 2.45) is 11.8 Å². The number of benzene rings is 1. The fourth-order valence-electron chi connectivity index (χ4n) is 9.36. The quantitative estimate of drug-likeness (QED) is 0.129. The van der Waals surface area contributed by atoms with Crippen LogP contribution in [-0.4, -0.2) is 176 Å². The monoisotopic (exact) mass is 935 g/mol. The third-order valence-electron chi connectivity index (χ3n) is 13.0. The summed E-state index contributed by atoms with van der Waals surface area (Å²) < 4.78 is 49.7. The lowest BCUT2D eigenvalue weighted by Gasteiger charge is -2.50. The zero-order valence-electron chi connectivity index (χ0n) is 40.7. The molecule has 0 bridgehead atoms. The molecule has 3 aliphatic heterocycles. The zero-order valence-corrected chi connectivity index (χ0v) is 40.7. The number of β-amino-alcohol motifs (C(OH)–C–C–N with tert-alkyl or cyclic N) is 1. The Morgan fingerprint density at radius 2 is 1.64 bits per heavy atom. The third-order valence-corrected chi connectivity index (χ3v) is 13.0. The number of carbonyl (C=O) groups excluding carboxylic acids is 4. The van der Waals surface area contributed by atoms with Crippen LogP contribution in [-0.2, 0) is 57.1 Å². The lowest BCUT2D eigenvalue weighted by Crippen LogP contribution is -2.66. The van der Waals surface area contributed by atoms with Crippen molar-refractivity contribution < 1.29 is 72.4 Å². The molecular weight excluding hydrogens is 857 g/mol. The molecule has 0 aliphatic carbocycles. The van der Waals surface area contributed by atoms with E-state index in [-0.39, 0.29) is 38.0 Å². The largest absolute Gasteiger partial charge is 0.462 e. The molecule has 17 heteroatoms. The Labute approximate surface area is 391 Å². The fraction of sp³-hybridized carbons (Fsp3) is 0.755. The van der Waals surface area contributed by atoms with E-state index in [1.165, 1.54) is 7.11 Å². The van der Waals surface area contributed by atoms with Gasteiger partial charge in [0.05, 0.1) is 36.9 Å². The molecule has 3 aliphatic rings. The van der Waals surface area contributed by atoms with Gasteiger partial charge in [0.15, 0.2) is 18.7 Å². The lowest BCUT2D eigenvalue weighted by atomic mass is 9.82. The van der Waals surface area contributed by atoms with Crippen LogP contribution < -0.4 is 0 Å². The number of aliphatic hydroxyl groups is 3. The summed E-state index contributed by atoms with van der Waals surface area (Å²) in [4.78, 5) is 55.6. The summed E-state index contributed by atoms with van der Waals surface area (Å²) in [6.45, 7) is 11.1. The number of aliphatic hydroxyl groups excluding tert-OH is 2. The molecule has 4 rings (SSSR count). The van der Waals surface area contributed by atoms with Crippen molar-refractivity contribution in [1.82, 2.24) is 9.80 Å². The summed E-state index contributed by atoms with van der Waals surface area (Å²) in [5, 5.41) is 35.2. The minimum absolute atomic E-state index is 0.00769. The molecule has 3 heterocycles. The second-order valence-corrected chi connectivity index (χ2v) is 18.7. The van der Waals surface area contributed by atoms with E-state index in [2.05, 4.69) is 0 Å². The Morgan fingerprint density at radius 1 is 0.955 bits per heavy atom. The number of ether oxygens (including phenoxy) is 8. The minimum Gasteiger partial charge on any atom is -0.462 e. The molecule has 3 N–H and O–H groups in total. The SMILES string of the molecule is CCC(=O)O[C@@H]1CC(=O)O[C@@H](C/C=C/c2ccccc2)CCCN(C)C[C@H](O)[C@H](C)C[C@H](CC=O)[C@H](O[C@@H]2OC(C)[C@@H](O[C@H]3CC(C)(O)[C@@H](OC(=O)CC)C(C)O3)C(N(C)C)C2O)[C@H]1OC. The third kappa shape index (κ3) is 15.9. The molecule has 1 aromatic rings. The van der Waals surface area contributed by atoms with E-state index < -0.39 is 116 Å². The molecule has 3 saturated heterocycles. The molecule has 16 atom stereocenters. The maximum atomic E-state index is 14.0. The number of aldehydes is 1. The number of rotatable bonds is 15. The number of hydrogen-bond acceptors (Lipinski definition) is 17. The Hall–Kier alpha value is -3.36. The van der Waals surface area contributed by atoms with Crippen LogP contribution in [0.3, 0.4) is 0 Å². The Kier molecular flexibility index (Phi) is 22.1. The Morgan fingerprint density at radius 3 is 2.26 bits per heavy atom. The first kappa shape index (κ1) is 55.2. The molecule has 0 radical (unpaired) electrons. The van der Waals surface area contributed by atoms with Crippen LogP contribution in [0.1, 0.15) is 105 Å². The van der Waals surface area contributed by atoms with Gasteiger partial charge in [0.25, 0.3) is 0 Å². The van der Waals surface area contributed by atoms with Gasteiger partial charge in [-0.3, -0.25) is 14.4 Å². The Balaban J connectivity index is 1.68. The molecule has 374 valence electrons. The van der Waals surface area contributed by atoms with E-state index in [9.17, 15) is 34.5 Å². The second-order valence-electron chi connectivity index (χ2n) is 18.7. The van der Waals surface area contributed by atoms with E-state index >= 15 is 0 Å². The van der Waals surface area contributed by atoms with Gasteiger partial charge in [-0.2, -0.15) is 0 Å². The standard InChI is InChI=1S/C49H78N2O15/c1-11-38(54)63-37-27-40(56)62-35(21-16-20-33-18-14-13-15-19-33)22-17-24-51(9)29-36(53)30(3)26-34(23-25-52)45(46(37)59-10)66-48-43(57)42(50(7)8)44(31(4)61-48)65-41-28-49(6,58)47(32(5)60-41)64-39(55)12-2/h13-16,18-20,25,30-32,34-37,41-48,53,57-58H,11-12,17,21-24,26-29H2,1-10H3/b20-16+/t30-,31?,32?,34+,35+,36+,37-,41+,42?,43?,44-,45+,46+,47+,48+,49?/m1/s1. The summed E-state index contributed by atoms with van der Waals surface area (Å²) in [7, 11) is 6.83. The highest BCUT2D eigenvalue weighted by Gasteiger charge is 2.53. The minimum atomic E-state index is -1.50. The topological polar surface area (TPSA) is 209 Å². The average Bonchev–Trinajstić information content (AvgIpc) is 3.25. The van der Waals surface area contributed by atoms with Crippen molar-refractivity contribution in [3.05, 3.63) is 42.0 Å². The van der Waals surface area contributed by atoms with E-state index in [0.29, 0.717) is 32.4 Å². The summed E-state index contributed by atoms with van der Waals surface area (Å²) in [5.41, 5.74) is -0.499. The van der Waals surface area contributed by atoms with Gasteiger partial charge in [0.1, 0.15) is 42.4 Å². The molecule has 17 nitrogen and oxygen atoms in total. The fourth-order valence-corrected chi connectivity index (χ4v) is 9.36. The molecular formula is C49H78N2O15. The zero-order chi connectivity index (χ0) is 48.7. The van der Waals surface area contributed by atoms with Crippen molar-refractivity contribution in [2.75, 3.05) is 41.3 Å². The van der Waals surface area contributed by atoms with Crippen molar-refractivity contribution in [3.63, 3.8) is 0 Å². The van der Waals surface area contributed by atoms with Gasteiger partial charge in [0, 0.05) is 45.8 Å². The van der Waals surface area contributed by atoms with E-state index in [1.807, 2.05) is 61.4 Å². The van der Waals surface area contributed by atoms with Gasteiger partial charge in [-0.05, 0) is 85.1 Å². The summed E-state index contributed by atoms with van der Waals surface area (Å²) >= 11 is 0. The number of hydrogen-bond donors (Lipinski definition) is 3. The first-order valence-electron chi connectivity index (χ1n) is 23.6. The molecule has 0 aromatic heterocycles. The number of nitrogens with zero attached hydrogens (tertiary/aromatic N) is 2. The van der Waals surface area contributed by atoms with E-state index in [1.54, 1.807) is 53.6 Å².